The molecule has 120 valence electrons. The highest BCUT2D eigenvalue weighted by Crippen LogP contribution is 2.53. The largest absolute Gasteiger partial charge is 0.467 e. The van der Waals surface area contributed by atoms with Crippen molar-refractivity contribution in [2.75, 3.05) is 6.54 Å². The number of nitrogens with one attached hydrogen (secondary N) is 2. The van der Waals surface area contributed by atoms with E-state index in [9.17, 15) is 9.90 Å². The van der Waals surface area contributed by atoms with Crippen LogP contribution in [0.3, 0.4) is 0 Å². The molecule has 0 spiro atoms. The Morgan fingerprint density at radius 3 is 2.50 bits per heavy atom. The maximum absolute atomic E-state index is 12.1. The molecule has 0 aliphatic heterocycles. The van der Waals surface area contributed by atoms with Gasteiger partial charge in [-0.05, 0) is 67.9 Å². The van der Waals surface area contributed by atoms with Crippen molar-refractivity contribution in [2.45, 2.75) is 44.2 Å². The van der Waals surface area contributed by atoms with Crippen molar-refractivity contribution in [1.82, 2.24) is 10.6 Å². The number of carbonyl (C=O) groups is 1. The average Bonchev–Trinajstić information content (AvgIpc) is 3.02. The zero-order valence-electron chi connectivity index (χ0n) is 12.7. The van der Waals surface area contributed by atoms with E-state index in [1.807, 2.05) is 0 Å². The molecule has 1 aromatic rings. The van der Waals surface area contributed by atoms with Gasteiger partial charge in [-0.2, -0.15) is 0 Å². The van der Waals surface area contributed by atoms with E-state index in [1.165, 1.54) is 38.4 Å². The molecule has 1 atom stereocenters. The molecule has 1 heterocycles. The lowest BCUT2D eigenvalue weighted by atomic mass is 9.54. The Kier molecular flexibility index (Phi) is 3.60. The van der Waals surface area contributed by atoms with Crippen molar-refractivity contribution in [2.24, 2.45) is 23.7 Å². The minimum Gasteiger partial charge on any atom is -0.467 e. The van der Waals surface area contributed by atoms with E-state index in [0.29, 0.717) is 23.6 Å². The third kappa shape index (κ3) is 2.62. The monoisotopic (exact) mass is 304 g/mol. The number of aliphatic hydroxyl groups excluding tert-OH is 1. The van der Waals surface area contributed by atoms with Crippen LogP contribution in [0.2, 0.25) is 0 Å². The first-order valence-electron chi connectivity index (χ1n) is 8.45. The van der Waals surface area contributed by atoms with Gasteiger partial charge in [-0.25, -0.2) is 4.79 Å². The summed E-state index contributed by atoms with van der Waals surface area (Å²) in [5, 5.41) is 15.9. The van der Waals surface area contributed by atoms with E-state index in [1.54, 1.807) is 12.1 Å². The molecule has 4 saturated carbocycles. The number of hydrogen-bond acceptors (Lipinski definition) is 3. The van der Waals surface area contributed by atoms with Crippen LogP contribution in [-0.4, -0.2) is 23.7 Å². The molecular weight excluding hydrogens is 280 g/mol. The van der Waals surface area contributed by atoms with Gasteiger partial charge in [0, 0.05) is 6.04 Å². The molecule has 22 heavy (non-hydrogen) atoms. The number of rotatable bonds is 4. The lowest BCUT2D eigenvalue weighted by Gasteiger charge is -2.54. The van der Waals surface area contributed by atoms with E-state index in [2.05, 4.69) is 10.6 Å². The van der Waals surface area contributed by atoms with Gasteiger partial charge in [-0.1, -0.05) is 0 Å². The molecule has 0 radical (unpaired) electrons. The second-order valence-corrected chi connectivity index (χ2v) is 7.34. The SMILES string of the molecule is O=C(NCC(O)c1ccco1)NC1C2CC3CC(C2)CC1C3. The van der Waals surface area contributed by atoms with Gasteiger partial charge in [-0.3, -0.25) is 0 Å². The fraction of sp³-hybridized carbons (Fsp3) is 0.706. The smallest absolute Gasteiger partial charge is 0.315 e. The van der Waals surface area contributed by atoms with Gasteiger partial charge < -0.3 is 20.2 Å². The third-order valence-corrected chi connectivity index (χ3v) is 5.85. The predicted octanol–water partition coefficient (Wildman–Crippen LogP) is 2.44. The van der Waals surface area contributed by atoms with Crippen LogP contribution in [0, 0.1) is 23.7 Å². The molecule has 1 unspecified atom stereocenters. The van der Waals surface area contributed by atoms with Crippen LogP contribution in [0.5, 0.6) is 0 Å². The maximum atomic E-state index is 12.1. The number of hydrogen-bond donors (Lipinski definition) is 3. The van der Waals surface area contributed by atoms with Gasteiger partial charge in [0.1, 0.15) is 11.9 Å². The standard InChI is InChI=1S/C17H24N2O3/c20-14(15-2-1-3-22-15)9-18-17(21)19-16-12-5-10-4-11(7-12)8-13(16)6-10/h1-3,10-14,16,20H,4-9H2,(H2,18,19,21). The summed E-state index contributed by atoms with van der Waals surface area (Å²) < 4.78 is 5.13. The lowest BCUT2D eigenvalue weighted by Crippen LogP contribution is -2.57. The molecule has 2 amide bonds. The summed E-state index contributed by atoms with van der Waals surface area (Å²) in [7, 11) is 0. The fourth-order valence-electron chi connectivity index (χ4n) is 5.13. The number of urea groups is 1. The molecule has 5 nitrogen and oxygen atoms in total. The molecule has 3 N–H and O–H groups in total. The minimum atomic E-state index is -0.792. The van der Waals surface area contributed by atoms with Gasteiger partial charge in [0.15, 0.2) is 0 Å². The first-order chi connectivity index (χ1) is 10.7. The summed E-state index contributed by atoms with van der Waals surface area (Å²) in [6.07, 6.45) is 7.29. The van der Waals surface area contributed by atoms with Crippen LogP contribution in [-0.2, 0) is 0 Å². The Labute approximate surface area is 130 Å². The lowest BCUT2D eigenvalue weighted by molar-refractivity contribution is -0.00953. The molecule has 4 aliphatic rings. The Hall–Kier alpha value is -1.49. The van der Waals surface area contributed by atoms with Crippen molar-refractivity contribution in [1.29, 1.82) is 0 Å². The van der Waals surface area contributed by atoms with Gasteiger partial charge in [-0.15, -0.1) is 0 Å². The van der Waals surface area contributed by atoms with E-state index >= 15 is 0 Å². The zero-order valence-corrected chi connectivity index (χ0v) is 12.7. The molecule has 5 rings (SSSR count). The van der Waals surface area contributed by atoms with Crippen molar-refractivity contribution in [3.05, 3.63) is 24.2 Å². The highest BCUT2D eigenvalue weighted by atomic mass is 16.4. The van der Waals surface area contributed by atoms with Gasteiger partial charge in [0.05, 0.1) is 12.8 Å². The van der Waals surface area contributed by atoms with Crippen molar-refractivity contribution in [3.8, 4) is 0 Å². The summed E-state index contributed by atoms with van der Waals surface area (Å²) >= 11 is 0. The van der Waals surface area contributed by atoms with Crippen LogP contribution in [0.25, 0.3) is 0 Å². The first-order valence-corrected chi connectivity index (χ1v) is 8.45. The van der Waals surface area contributed by atoms with Crippen molar-refractivity contribution >= 4 is 6.03 Å². The number of carbonyl (C=O) groups excluding carboxylic acids is 1. The quantitative estimate of drug-likeness (QED) is 0.800. The van der Waals surface area contributed by atoms with Crippen LogP contribution < -0.4 is 10.6 Å². The summed E-state index contributed by atoms with van der Waals surface area (Å²) in [5.41, 5.74) is 0. The Morgan fingerprint density at radius 2 is 1.91 bits per heavy atom. The molecule has 0 aromatic carbocycles. The Bertz CT molecular complexity index is 500. The van der Waals surface area contributed by atoms with E-state index in [4.69, 9.17) is 4.42 Å². The zero-order chi connectivity index (χ0) is 15.1. The van der Waals surface area contributed by atoms with Crippen LogP contribution in [0.15, 0.2) is 22.8 Å². The molecule has 1 aromatic heterocycles. The number of amides is 2. The molecule has 4 fully saturated rings. The van der Waals surface area contributed by atoms with E-state index < -0.39 is 6.10 Å². The summed E-state index contributed by atoms with van der Waals surface area (Å²) in [4.78, 5) is 12.1. The van der Waals surface area contributed by atoms with Gasteiger partial charge in [0.2, 0.25) is 0 Å². The molecule has 5 heteroatoms. The van der Waals surface area contributed by atoms with E-state index in [-0.39, 0.29) is 12.6 Å². The van der Waals surface area contributed by atoms with Crippen LogP contribution in [0.1, 0.15) is 44.0 Å². The van der Waals surface area contributed by atoms with Crippen LogP contribution in [0.4, 0.5) is 4.79 Å². The van der Waals surface area contributed by atoms with Gasteiger partial charge in [0.25, 0.3) is 0 Å². The molecule has 0 saturated heterocycles. The Morgan fingerprint density at radius 1 is 1.23 bits per heavy atom. The first kappa shape index (κ1) is 14.1. The molecular formula is C17H24N2O3. The Balaban J connectivity index is 1.29. The topological polar surface area (TPSA) is 74.5 Å². The minimum absolute atomic E-state index is 0.164. The number of aliphatic hydroxyl groups is 1. The summed E-state index contributed by atoms with van der Waals surface area (Å²) in [6, 6.07) is 3.60. The van der Waals surface area contributed by atoms with E-state index in [0.717, 1.165) is 11.8 Å². The summed E-state index contributed by atoms with van der Waals surface area (Å²) in [6.45, 7) is 0.173. The average molecular weight is 304 g/mol. The molecule has 4 aliphatic carbocycles. The second-order valence-electron chi connectivity index (χ2n) is 7.34. The second kappa shape index (κ2) is 5.61. The summed E-state index contributed by atoms with van der Waals surface area (Å²) in [5.74, 6) is 3.62. The highest BCUT2D eigenvalue weighted by molar-refractivity contribution is 5.74. The molecule has 4 bridgehead atoms. The number of furan rings is 1. The normalized spacial score (nSPS) is 37.0. The fourth-order valence-corrected chi connectivity index (χ4v) is 5.13. The maximum Gasteiger partial charge on any atom is 0.315 e. The predicted molar refractivity (Wildman–Crippen MR) is 81.0 cm³/mol. The third-order valence-electron chi connectivity index (χ3n) is 5.85. The van der Waals surface area contributed by atoms with Crippen molar-refractivity contribution < 1.29 is 14.3 Å². The van der Waals surface area contributed by atoms with Gasteiger partial charge >= 0.3 is 6.03 Å². The highest BCUT2D eigenvalue weighted by Gasteiger charge is 2.48. The van der Waals surface area contributed by atoms with Crippen molar-refractivity contribution in [3.63, 3.8) is 0 Å². The van der Waals surface area contributed by atoms with Crippen LogP contribution >= 0.6 is 0 Å².